The molecule has 0 aliphatic carbocycles. The number of aryl methyl sites for hydroxylation is 1. The van der Waals surface area contributed by atoms with Crippen LogP contribution in [-0.4, -0.2) is 18.1 Å². The first-order chi connectivity index (χ1) is 7.31. The normalized spacial score (nSPS) is 22.3. The van der Waals surface area contributed by atoms with Crippen LogP contribution < -0.4 is 5.32 Å². The summed E-state index contributed by atoms with van der Waals surface area (Å²) in [5, 5.41) is 6.68. The predicted octanol–water partition coefficient (Wildman–Crippen LogP) is 3.06. The zero-order chi connectivity index (χ0) is 10.7. The summed E-state index contributed by atoms with van der Waals surface area (Å²) in [6, 6.07) is 8.54. The van der Waals surface area contributed by atoms with E-state index in [1.807, 2.05) is 13.1 Å². The van der Waals surface area contributed by atoms with Crippen molar-refractivity contribution >= 4 is 22.5 Å². The van der Waals surface area contributed by atoms with Gasteiger partial charge in [0, 0.05) is 12.7 Å². The Bertz CT molecular complexity index is 410. The van der Waals surface area contributed by atoms with Gasteiger partial charge in [-0.2, -0.15) is 0 Å². The van der Waals surface area contributed by atoms with Crippen molar-refractivity contribution in [2.75, 3.05) is 12.4 Å². The van der Waals surface area contributed by atoms with Crippen molar-refractivity contribution in [3.8, 4) is 0 Å². The molecule has 0 amide bonds. The van der Waals surface area contributed by atoms with Crippen LogP contribution in [0, 0.1) is 6.92 Å². The highest BCUT2D eigenvalue weighted by molar-refractivity contribution is 8.17. The summed E-state index contributed by atoms with van der Waals surface area (Å²) in [5.41, 5.74) is 2.44. The van der Waals surface area contributed by atoms with Gasteiger partial charge >= 0.3 is 0 Å². The highest BCUT2D eigenvalue weighted by atomic mass is 32.2. The molecule has 0 aromatic heterocycles. The van der Waals surface area contributed by atoms with E-state index < -0.39 is 0 Å². The number of nitrogens with one attached hydrogen (secondary N) is 1. The van der Waals surface area contributed by atoms with Gasteiger partial charge < -0.3 is 5.32 Å². The maximum atomic E-state index is 4.25. The van der Waals surface area contributed by atoms with Gasteiger partial charge in [0.15, 0.2) is 0 Å². The molecule has 1 aromatic carbocycles. The smallest absolute Gasteiger partial charge is 0.0977 e. The minimum atomic E-state index is 0.237. The Kier molecular flexibility index (Phi) is 3.11. The fraction of sp³-hybridized carbons (Fsp3) is 0.250. The van der Waals surface area contributed by atoms with E-state index in [1.165, 1.54) is 11.3 Å². The first-order valence-corrected chi connectivity index (χ1v) is 5.81. The molecule has 0 fully saturated rings. The number of anilines is 1. The molecule has 1 heterocycles. The van der Waals surface area contributed by atoms with Gasteiger partial charge in [-0.05, 0) is 30.0 Å². The van der Waals surface area contributed by atoms with Crippen LogP contribution >= 0.6 is 11.8 Å². The molecular weight excluding hydrogens is 204 g/mol. The van der Waals surface area contributed by atoms with E-state index in [2.05, 4.69) is 46.9 Å². The van der Waals surface area contributed by atoms with E-state index in [0.717, 1.165) is 5.04 Å². The maximum Gasteiger partial charge on any atom is 0.0977 e. The zero-order valence-electron chi connectivity index (χ0n) is 8.90. The Morgan fingerprint density at radius 1 is 1.33 bits per heavy atom. The van der Waals surface area contributed by atoms with Gasteiger partial charge in [-0.1, -0.05) is 30.0 Å². The lowest BCUT2D eigenvalue weighted by molar-refractivity contribution is 1.17. The fourth-order valence-electron chi connectivity index (χ4n) is 1.55. The fourth-order valence-corrected chi connectivity index (χ4v) is 2.31. The minimum absolute atomic E-state index is 0.237. The van der Waals surface area contributed by atoms with Crippen molar-refractivity contribution < 1.29 is 0 Å². The van der Waals surface area contributed by atoms with Gasteiger partial charge in [0.2, 0.25) is 0 Å². The number of benzene rings is 1. The molecule has 78 valence electrons. The topological polar surface area (TPSA) is 24.4 Å². The zero-order valence-corrected chi connectivity index (χ0v) is 9.71. The Morgan fingerprint density at radius 3 is 2.87 bits per heavy atom. The summed E-state index contributed by atoms with van der Waals surface area (Å²) in [4.78, 5) is 4.25. The van der Waals surface area contributed by atoms with E-state index >= 15 is 0 Å². The Labute approximate surface area is 94.5 Å². The van der Waals surface area contributed by atoms with Crippen molar-refractivity contribution in [2.45, 2.75) is 13.0 Å². The summed E-state index contributed by atoms with van der Waals surface area (Å²) in [5.74, 6) is 0. The largest absolute Gasteiger partial charge is 0.373 e. The lowest BCUT2D eigenvalue weighted by Gasteiger charge is -2.14. The molecule has 2 nitrogen and oxygen atoms in total. The molecule has 1 aliphatic rings. The van der Waals surface area contributed by atoms with Gasteiger partial charge in [-0.3, -0.25) is 4.99 Å². The number of rotatable bonds is 2. The number of hydrogen-bond donors (Lipinski definition) is 1. The second-order valence-corrected chi connectivity index (χ2v) is 4.37. The van der Waals surface area contributed by atoms with Gasteiger partial charge in [-0.15, -0.1) is 0 Å². The number of thioether (sulfide) groups is 1. The van der Waals surface area contributed by atoms with Crippen LogP contribution in [0.1, 0.15) is 5.56 Å². The van der Waals surface area contributed by atoms with Crippen LogP contribution in [0.4, 0.5) is 5.69 Å². The second-order valence-electron chi connectivity index (χ2n) is 3.45. The summed E-state index contributed by atoms with van der Waals surface area (Å²) in [6.07, 6.45) is 2.14. The van der Waals surface area contributed by atoms with Crippen LogP contribution in [0.2, 0.25) is 0 Å². The summed E-state index contributed by atoms with van der Waals surface area (Å²) >= 11 is 1.68. The van der Waals surface area contributed by atoms with E-state index in [-0.39, 0.29) is 6.04 Å². The molecular formula is C12H14N2S. The Hall–Kier alpha value is -1.22. The third-order valence-electron chi connectivity index (χ3n) is 2.40. The molecule has 1 unspecified atom stereocenters. The average molecular weight is 218 g/mol. The van der Waals surface area contributed by atoms with Crippen LogP contribution in [0.5, 0.6) is 0 Å². The molecule has 0 saturated carbocycles. The SMILES string of the molecule is C/N=C1\SC=CC1Nc1ccccc1C. The maximum absolute atomic E-state index is 4.25. The second kappa shape index (κ2) is 4.53. The van der Waals surface area contributed by atoms with Crippen molar-refractivity contribution in [2.24, 2.45) is 4.99 Å². The number of hydrogen-bond acceptors (Lipinski definition) is 3. The van der Waals surface area contributed by atoms with Gasteiger partial charge in [-0.25, -0.2) is 0 Å². The monoisotopic (exact) mass is 218 g/mol. The van der Waals surface area contributed by atoms with Gasteiger partial charge in [0.1, 0.15) is 0 Å². The van der Waals surface area contributed by atoms with E-state index in [0.29, 0.717) is 0 Å². The lowest BCUT2D eigenvalue weighted by atomic mass is 10.2. The molecule has 0 radical (unpaired) electrons. The minimum Gasteiger partial charge on any atom is -0.373 e. The van der Waals surface area contributed by atoms with E-state index in [4.69, 9.17) is 0 Å². The highest BCUT2D eigenvalue weighted by Crippen LogP contribution is 2.23. The molecule has 1 aliphatic heterocycles. The van der Waals surface area contributed by atoms with Gasteiger partial charge in [0.25, 0.3) is 0 Å². The van der Waals surface area contributed by atoms with Crippen LogP contribution in [-0.2, 0) is 0 Å². The summed E-state index contributed by atoms with van der Waals surface area (Å²) in [7, 11) is 1.84. The standard InChI is InChI=1S/C12H14N2S/c1-9-5-3-4-6-10(9)14-11-7-8-15-12(11)13-2/h3-8,11,14H,1-2H3/b13-12-. The molecule has 3 heteroatoms. The predicted molar refractivity (Wildman–Crippen MR) is 68.7 cm³/mol. The molecule has 15 heavy (non-hydrogen) atoms. The molecule has 0 saturated heterocycles. The lowest BCUT2D eigenvalue weighted by Crippen LogP contribution is -2.22. The van der Waals surface area contributed by atoms with Crippen LogP contribution in [0.15, 0.2) is 40.7 Å². The van der Waals surface area contributed by atoms with E-state index in [9.17, 15) is 0 Å². The van der Waals surface area contributed by atoms with Crippen LogP contribution in [0.25, 0.3) is 0 Å². The summed E-state index contributed by atoms with van der Waals surface area (Å²) < 4.78 is 0. The van der Waals surface area contributed by atoms with Crippen molar-refractivity contribution in [1.82, 2.24) is 0 Å². The van der Waals surface area contributed by atoms with Crippen molar-refractivity contribution in [3.05, 3.63) is 41.3 Å². The Balaban J connectivity index is 2.16. The number of aliphatic imine (C=N–C) groups is 1. The molecule has 1 atom stereocenters. The van der Waals surface area contributed by atoms with Gasteiger partial charge in [0.05, 0.1) is 11.1 Å². The number of para-hydroxylation sites is 1. The third-order valence-corrected chi connectivity index (χ3v) is 3.37. The molecule has 1 aromatic rings. The molecule has 1 N–H and O–H groups in total. The summed E-state index contributed by atoms with van der Waals surface area (Å²) in [6.45, 7) is 2.11. The number of nitrogens with zero attached hydrogens (tertiary/aromatic N) is 1. The first-order valence-electron chi connectivity index (χ1n) is 4.93. The molecule has 0 bridgehead atoms. The van der Waals surface area contributed by atoms with Crippen LogP contribution in [0.3, 0.4) is 0 Å². The van der Waals surface area contributed by atoms with E-state index in [1.54, 1.807) is 11.8 Å². The highest BCUT2D eigenvalue weighted by Gasteiger charge is 2.17. The van der Waals surface area contributed by atoms with Crippen molar-refractivity contribution in [3.63, 3.8) is 0 Å². The van der Waals surface area contributed by atoms with Crippen molar-refractivity contribution in [1.29, 1.82) is 0 Å². The average Bonchev–Trinajstić information content (AvgIpc) is 2.69. The first kappa shape index (κ1) is 10.3. The Morgan fingerprint density at radius 2 is 2.13 bits per heavy atom. The quantitative estimate of drug-likeness (QED) is 0.825. The molecule has 0 spiro atoms. The molecule has 2 rings (SSSR count). The third kappa shape index (κ3) is 2.23.